The van der Waals surface area contributed by atoms with Crippen molar-refractivity contribution in [2.75, 3.05) is 13.1 Å². The summed E-state index contributed by atoms with van der Waals surface area (Å²) in [5, 5.41) is 0. The number of benzene rings is 1. The molecular weight excluding hydrogens is 291 g/mol. The molecule has 0 atom stereocenters. The highest BCUT2D eigenvalue weighted by Gasteiger charge is 2.41. The molecule has 120 valence electrons. The minimum Gasteiger partial charge on any atom is -0.329 e. The molecule has 1 rings (SSSR count). The Morgan fingerprint density at radius 3 is 2.19 bits per heavy atom. The SMILES string of the molecule is CCCN(C(CC)(CC)CN)S(=O)(=O)c1ccccc1F. The van der Waals surface area contributed by atoms with Gasteiger partial charge >= 0.3 is 0 Å². The third-order valence-corrected chi connectivity index (χ3v) is 6.09. The monoisotopic (exact) mass is 316 g/mol. The fraction of sp³-hybridized carbons (Fsp3) is 0.600. The molecule has 0 aromatic heterocycles. The molecule has 0 fully saturated rings. The lowest BCUT2D eigenvalue weighted by Crippen LogP contribution is -2.55. The van der Waals surface area contributed by atoms with Crippen LogP contribution >= 0.6 is 0 Å². The van der Waals surface area contributed by atoms with Gasteiger partial charge in [-0.05, 0) is 31.4 Å². The van der Waals surface area contributed by atoms with Gasteiger partial charge < -0.3 is 5.73 Å². The van der Waals surface area contributed by atoms with Gasteiger partial charge in [0, 0.05) is 18.6 Å². The summed E-state index contributed by atoms with van der Waals surface area (Å²) in [6, 6.07) is 5.48. The average molecular weight is 316 g/mol. The molecule has 0 amide bonds. The number of nitrogens with two attached hydrogens (primary N) is 1. The van der Waals surface area contributed by atoms with E-state index in [1.165, 1.54) is 28.6 Å². The molecule has 0 aliphatic rings. The van der Waals surface area contributed by atoms with Gasteiger partial charge in [0.1, 0.15) is 10.7 Å². The van der Waals surface area contributed by atoms with Crippen molar-refractivity contribution in [2.24, 2.45) is 5.73 Å². The number of hydrogen-bond donors (Lipinski definition) is 1. The third-order valence-electron chi connectivity index (χ3n) is 4.06. The van der Waals surface area contributed by atoms with Crippen LogP contribution in [0.4, 0.5) is 4.39 Å². The van der Waals surface area contributed by atoms with Gasteiger partial charge in [-0.3, -0.25) is 0 Å². The number of hydrogen-bond acceptors (Lipinski definition) is 3. The highest BCUT2D eigenvalue weighted by Crippen LogP contribution is 2.31. The van der Waals surface area contributed by atoms with Gasteiger partial charge in [0.2, 0.25) is 10.0 Å². The fourth-order valence-corrected chi connectivity index (χ4v) is 4.65. The Morgan fingerprint density at radius 2 is 1.76 bits per heavy atom. The summed E-state index contributed by atoms with van der Waals surface area (Å²) < 4.78 is 41.1. The molecule has 6 heteroatoms. The van der Waals surface area contributed by atoms with Crippen LogP contribution in [0.1, 0.15) is 40.0 Å². The van der Waals surface area contributed by atoms with E-state index in [2.05, 4.69) is 0 Å². The zero-order valence-corrected chi connectivity index (χ0v) is 13.8. The number of halogens is 1. The lowest BCUT2D eigenvalue weighted by atomic mass is 9.93. The second kappa shape index (κ2) is 7.33. The van der Waals surface area contributed by atoms with E-state index in [0.717, 1.165) is 0 Å². The average Bonchev–Trinajstić information content (AvgIpc) is 2.48. The molecule has 4 nitrogen and oxygen atoms in total. The summed E-state index contributed by atoms with van der Waals surface area (Å²) >= 11 is 0. The van der Waals surface area contributed by atoms with E-state index in [4.69, 9.17) is 5.73 Å². The van der Waals surface area contributed by atoms with E-state index in [-0.39, 0.29) is 11.4 Å². The Bertz CT molecular complexity index is 548. The zero-order chi connectivity index (χ0) is 16.1. The number of sulfonamides is 1. The van der Waals surface area contributed by atoms with E-state index in [9.17, 15) is 12.8 Å². The molecule has 1 aromatic rings. The standard InChI is InChI=1S/C15H25FN2O2S/c1-4-11-18(15(5-2,6-3)12-17)21(19,20)14-10-8-7-9-13(14)16/h7-10H,4-6,11-12,17H2,1-3H3. The maximum atomic E-state index is 13.9. The molecule has 21 heavy (non-hydrogen) atoms. The normalized spacial score (nSPS) is 12.9. The van der Waals surface area contributed by atoms with Crippen LogP contribution in [0.5, 0.6) is 0 Å². The summed E-state index contributed by atoms with van der Waals surface area (Å²) in [5.74, 6) is -0.725. The highest BCUT2D eigenvalue weighted by atomic mass is 32.2. The predicted molar refractivity (Wildman–Crippen MR) is 83.0 cm³/mol. The maximum Gasteiger partial charge on any atom is 0.246 e. The minimum absolute atomic E-state index is 0.216. The minimum atomic E-state index is -3.91. The van der Waals surface area contributed by atoms with Crippen molar-refractivity contribution < 1.29 is 12.8 Å². The van der Waals surface area contributed by atoms with Gasteiger partial charge in [-0.15, -0.1) is 0 Å². The predicted octanol–water partition coefficient (Wildman–Crippen LogP) is 2.74. The van der Waals surface area contributed by atoms with Gasteiger partial charge in [-0.1, -0.05) is 32.9 Å². The number of nitrogens with zero attached hydrogens (tertiary/aromatic N) is 1. The van der Waals surface area contributed by atoms with Crippen LogP contribution in [-0.2, 0) is 10.0 Å². The third kappa shape index (κ3) is 3.44. The molecule has 0 unspecified atom stereocenters. The highest BCUT2D eigenvalue weighted by molar-refractivity contribution is 7.89. The molecule has 0 radical (unpaired) electrons. The van der Waals surface area contributed by atoms with Crippen LogP contribution in [0, 0.1) is 5.82 Å². The molecular formula is C15H25FN2O2S. The van der Waals surface area contributed by atoms with Crippen molar-refractivity contribution >= 4 is 10.0 Å². The van der Waals surface area contributed by atoms with E-state index in [0.29, 0.717) is 25.8 Å². The van der Waals surface area contributed by atoms with Crippen molar-refractivity contribution in [3.05, 3.63) is 30.1 Å². The molecule has 2 N–H and O–H groups in total. The Labute approximate surface area is 127 Å². The van der Waals surface area contributed by atoms with Crippen LogP contribution < -0.4 is 5.73 Å². The van der Waals surface area contributed by atoms with Crippen molar-refractivity contribution in [1.29, 1.82) is 0 Å². The van der Waals surface area contributed by atoms with Crippen LogP contribution in [0.3, 0.4) is 0 Å². The van der Waals surface area contributed by atoms with E-state index >= 15 is 0 Å². The quantitative estimate of drug-likeness (QED) is 0.802. The Kier molecular flexibility index (Phi) is 6.31. The van der Waals surface area contributed by atoms with Gasteiger partial charge in [-0.25, -0.2) is 12.8 Å². The summed E-state index contributed by atoms with van der Waals surface area (Å²) in [6.45, 7) is 6.27. The first-order chi connectivity index (χ1) is 9.89. The second-order valence-corrected chi connectivity index (χ2v) is 6.97. The van der Waals surface area contributed by atoms with Crippen LogP contribution in [0.25, 0.3) is 0 Å². The van der Waals surface area contributed by atoms with Crippen molar-refractivity contribution in [2.45, 2.75) is 50.5 Å². The van der Waals surface area contributed by atoms with Crippen LogP contribution in [0.2, 0.25) is 0 Å². The second-order valence-electron chi connectivity index (χ2n) is 5.14. The molecule has 1 aromatic carbocycles. The Hall–Kier alpha value is -0.980. The van der Waals surface area contributed by atoms with Gasteiger partial charge in [-0.2, -0.15) is 4.31 Å². The Balaban J connectivity index is 3.43. The summed E-state index contributed by atoms with van der Waals surface area (Å²) in [4.78, 5) is -0.279. The molecule has 0 bridgehead atoms. The molecule has 0 spiro atoms. The van der Waals surface area contributed by atoms with E-state index in [1.807, 2.05) is 20.8 Å². The fourth-order valence-electron chi connectivity index (χ4n) is 2.58. The lowest BCUT2D eigenvalue weighted by Gasteiger charge is -2.41. The lowest BCUT2D eigenvalue weighted by molar-refractivity contribution is 0.177. The van der Waals surface area contributed by atoms with Crippen molar-refractivity contribution in [3.63, 3.8) is 0 Å². The molecule has 0 saturated heterocycles. The van der Waals surface area contributed by atoms with E-state index in [1.54, 1.807) is 0 Å². The summed E-state index contributed by atoms with van der Waals surface area (Å²) in [6.07, 6.45) is 1.83. The van der Waals surface area contributed by atoms with Gasteiger partial charge in [0.25, 0.3) is 0 Å². The smallest absolute Gasteiger partial charge is 0.246 e. The number of rotatable bonds is 8. The topological polar surface area (TPSA) is 63.4 Å². The largest absolute Gasteiger partial charge is 0.329 e. The van der Waals surface area contributed by atoms with E-state index < -0.39 is 21.4 Å². The van der Waals surface area contributed by atoms with Gasteiger partial charge in [0.05, 0.1) is 0 Å². The molecule has 0 aliphatic carbocycles. The first-order valence-electron chi connectivity index (χ1n) is 7.37. The van der Waals surface area contributed by atoms with Crippen molar-refractivity contribution in [3.8, 4) is 0 Å². The molecule has 0 heterocycles. The molecule has 0 aliphatic heterocycles. The first kappa shape index (κ1) is 18.1. The molecule has 0 saturated carbocycles. The van der Waals surface area contributed by atoms with Crippen LogP contribution in [0.15, 0.2) is 29.2 Å². The van der Waals surface area contributed by atoms with Crippen molar-refractivity contribution in [1.82, 2.24) is 4.31 Å². The summed E-state index contributed by atoms with van der Waals surface area (Å²) in [5.41, 5.74) is 5.20. The Morgan fingerprint density at radius 1 is 1.19 bits per heavy atom. The zero-order valence-electron chi connectivity index (χ0n) is 13.0. The maximum absolute atomic E-state index is 13.9. The van der Waals surface area contributed by atoms with Crippen LogP contribution in [-0.4, -0.2) is 31.4 Å². The first-order valence-corrected chi connectivity index (χ1v) is 8.81. The van der Waals surface area contributed by atoms with Gasteiger partial charge in [0.15, 0.2) is 0 Å². The summed E-state index contributed by atoms with van der Waals surface area (Å²) in [7, 11) is -3.91.